The molecule has 0 bridgehead atoms. The number of aromatic nitrogens is 1. The number of hydrogen-bond donors (Lipinski definition) is 1. The molecule has 0 aliphatic heterocycles. The zero-order valence-corrected chi connectivity index (χ0v) is 11.7. The lowest BCUT2D eigenvalue weighted by molar-refractivity contribution is -0.115. The Morgan fingerprint density at radius 1 is 1.42 bits per heavy atom. The van der Waals surface area contributed by atoms with E-state index < -0.39 is 0 Å². The Bertz CT molecular complexity index is 539. The highest BCUT2D eigenvalue weighted by atomic mass is 32.2. The van der Waals surface area contributed by atoms with Crippen LogP contribution in [0.1, 0.15) is 18.2 Å². The summed E-state index contributed by atoms with van der Waals surface area (Å²) in [5.74, 6) is 1.90. The quantitative estimate of drug-likeness (QED) is 0.910. The molecule has 1 unspecified atom stereocenters. The minimum atomic E-state index is -0.141. The monoisotopic (exact) mass is 276 g/mol. The summed E-state index contributed by atoms with van der Waals surface area (Å²) >= 11 is 1.59. The maximum Gasteiger partial charge on any atom is 0.238 e. The number of aryl methyl sites for hydroxylation is 1. The van der Waals surface area contributed by atoms with Crippen LogP contribution in [-0.4, -0.2) is 16.3 Å². The first-order chi connectivity index (χ1) is 9.15. The van der Waals surface area contributed by atoms with Crippen molar-refractivity contribution in [2.45, 2.75) is 24.9 Å². The highest BCUT2D eigenvalue weighted by Gasteiger charge is 2.15. The van der Waals surface area contributed by atoms with Gasteiger partial charge in [0, 0.05) is 11.8 Å². The van der Waals surface area contributed by atoms with E-state index in [9.17, 15) is 4.79 Å². The van der Waals surface area contributed by atoms with Crippen molar-refractivity contribution in [1.82, 2.24) is 5.16 Å². The molecule has 0 spiro atoms. The summed E-state index contributed by atoms with van der Waals surface area (Å²) in [7, 11) is 0. The molecule has 1 N–H and O–H groups in total. The first-order valence-corrected chi connectivity index (χ1v) is 7.10. The number of thioether (sulfide) groups is 1. The van der Waals surface area contributed by atoms with Gasteiger partial charge in [0.1, 0.15) is 5.76 Å². The van der Waals surface area contributed by atoms with Crippen molar-refractivity contribution in [2.75, 3.05) is 5.32 Å². The van der Waals surface area contributed by atoms with Gasteiger partial charge in [0.05, 0.1) is 5.25 Å². The molecule has 0 fully saturated rings. The fourth-order valence-corrected chi connectivity index (χ4v) is 2.37. The minimum absolute atomic E-state index is 0.0609. The molecule has 1 amide bonds. The van der Waals surface area contributed by atoms with Crippen LogP contribution in [0, 0.1) is 6.92 Å². The maximum atomic E-state index is 11.9. The van der Waals surface area contributed by atoms with Crippen molar-refractivity contribution >= 4 is 23.5 Å². The molecule has 0 radical (unpaired) electrons. The highest BCUT2D eigenvalue weighted by Crippen LogP contribution is 2.19. The Labute approximate surface area is 116 Å². The van der Waals surface area contributed by atoms with Crippen molar-refractivity contribution in [3.63, 3.8) is 0 Å². The number of anilines is 1. The van der Waals surface area contributed by atoms with Crippen LogP contribution in [-0.2, 0) is 10.5 Å². The molecule has 2 aromatic rings. The summed E-state index contributed by atoms with van der Waals surface area (Å²) in [6, 6.07) is 11.8. The third kappa shape index (κ3) is 4.13. The Kier molecular flexibility index (Phi) is 4.63. The summed E-state index contributed by atoms with van der Waals surface area (Å²) < 4.78 is 4.90. The van der Waals surface area contributed by atoms with Crippen molar-refractivity contribution < 1.29 is 9.32 Å². The second-order valence-corrected chi connectivity index (χ2v) is 5.58. The third-order valence-electron chi connectivity index (χ3n) is 2.59. The molecule has 19 heavy (non-hydrogen) atoms. The number of nitrogens with one attached hydrogen (secondary N) is 1. The Balaban J connectivity index is 1.82. The van der Waals surface area contributed by atoms with Gasteiger partial charge in [0.2, 0.25) is 5.91 Å². The molecular formula is C14H16N2O2S. The smallest absolute Gasteiger partial charge is 0.238 e. The van der Waals surface area contributed by atoms with Crippen LogP contribution in [0.5, 0.6) is 0 Å². The molecule has 1 heterocycles. The van der Waals surface area contributed by atoms with Gasteiger partial charge in [-0.25, -0.2) is 0 Å². The molecule has 5 heteroatoms. The summed E-state index contributed by atoms with van der Waals surface area (Å²) in [6.07, 6.45) is 0. The third-order valence-corrected chi connectivity index (χ3v) is 3.81. The minimum Gasteiger partial charge on any atom is -0.360 e. The summed E-state index contributed by atoms with van der Waals surface area (Å²) in [5, 5.41) is 6.33. The van der Waals surface area contributed by atoms with Gasteiger partial charge in [0.15, 0.2) is 5.82 Å². The standard InChI is InChI=1S/C14H16N2O2S/c1-10-8-13(16-18-10)15-14(17)11(2)19-9-12-6-4-3-5-7-12/h3-8,11H,9H2,1-2H3,(H,15,16,17). The van der Waals surface area contributed by atoms with Gasteiger partial charge in [-0.2, -0.15) is 0 Å². The number of carbonyl (C=O) groups excluding carboxylic acids is 1. The Hall–Kier alpha value is -1.75. The first-order valence-electron chi connectivity index (χ1n) is 6.05. The van der Waals surface area contributed by atoms with E-state index in [1.165, 1.54) is 5.56 Å². The Morgan fingerprint density at radius 3 is 2.79 bits per heavy atom. The second-order valence-electron chi connectivity index (χ2n) is 4.25. The van der Waals surface area contributed by atoms with Crippen LogP contribution in [0.3, 0.4) is 0 Å². The molecule has 0 aliphatic carbocycles. The lowest BCUT2D eigenvalue weighted by atomic mass is 10.2. The lowest BCUT2D eigenvalue weighted by Crippen LogP contribution is -2.22. The van der Waals surface area contributed by atoms with Gasteiger partial charge >= 0.3 is 0 Å². The van der Waals surface area contributed by atoms with Gasteiger partial charge in [-0.15, -0.1) is 11.8 Å². The Morgan fingerprint density at radius 2 is 2.16 bits per heavy atom. The van der Waals surface area contributed by atoms with Crippen LogP contribution in [0.25, 0.3) is 0 Å². The van der Waals surface area contributed by atoms with E-state index in [-0.39, 0.29) is 11.2 Å². The highest BCUT2D eigenvalue weighted by molar-refractivity contribution is 7.99. The lowest BCUT2D eigenvalue weighted by Gasteiger charge is -2.10. The van der Waals surface area contributed by atoms with Crippen LogP contribution in [0.15, 0.2) is 40.9 Å². The predicted molar refractivity (Wildman–Crippen MR) is 77.1 cm³/mol. The normalized spacial score (nSPS) is 12.1. The van der Waals surface area contributed by atoms with Gasteiger partial charge in [-0.05, 0) is 19.4 Å². The molecular weight excluding hydrogens is 260 g/mol. The summed E-state index contributed by atoms with van der Waals surface area (Å²) in [4.78, 5) is 11.9. The van der Waals surface area contributed by atoms with Crippen molar-refractivity contribution in [3.05, 3.63) is 47.7 Å². The number of rotatable bonds is 5. The van der Waals surface area contributed by atoms with E-state index in [1.807, 2.05) is 25.1 Å². The van der Waals surface area contributed by atoms with Gasteiger partial charge < -0.3 is 9.84 Å². The molecule has 100 valence electrons. The topological polar surface area (TPSA) is 55.1 Å². The largest absolute Gasteiger partial charge is 0.360 e. The van der Waals surface area contributed by atoms with E-state index in [0.717, 1.165) is 5.75 Å². The summed E-state index contributed by atoms with van der Waals surface area (Å²) in [5.41, 5.74) is 1.21. The van der Waals surface area contributed by atoms with Crippen molar-refractivity contribution in [3.8, 4) is 0 Å². The maximum absolute atomic E-state index is 11.9. The average molecular weight is 276 g/mol. The van der Waals surface area contributed by atoms with Crippen LogP contribution >= 0.6 is 11.8 Å². The van der Waals surface area contributed by atoms with E-state index in [0.29, 0.717) is 11.6 Å². The first kappa shape index (κ1) is 13.7. The fraction of sp³-hybridized carbons (Fsp3) is 0.286. The van der Waals surface area contributed by atoms with Gasteiger partial charge in [-0.3, -0.25) is 4.79 Å². The van der Waals surface area contributed by atoms with Gasteiger partial charge in [0.25, 0.3) is 0 Å². The molecule has 1 atom stereocenters. The number of carbonyl (C=O) groups is 1. The zero-order valence-electron chi connectivity index (χ0n) is 10.9. The number of amides is 1. The molecule has 0 saturated heterocycles. The van der Waals surface area contributed by atoms with E-state index in [2.05, 4.69) is 22.6 Å². The number of benzene rings is 1. The van der Waals surface area contributed by atoms with E-state index in [4.69, 9.17) is 4.52 Å². The van der Waals surface area contributed by atoms with Gasteiger partial charge in [-0.1, -0.05) is 35.5 Å². The number of nitrogens with zero attached hydrogens (tertiary/aromatic N) is 1. The molecule has 0 aliphatic rings. The van der Waals surface area contributed by atoms with Crippen molar-refractivity contribution in [1.29, 1.82) is 0 Å². The zero-order chi connectivity index (χ0) is 13.7. The second kappa shape index (κ2) is 6.43. The van der Waals surface area contributed by atoms with Crippen LogP contribution in [0.4, 0.5) is 5.82 Å². The summed E-state index contributed by atoms with van der Waals surface area (Å²) in [6.45, 7) is 3.67. The van der Waals surface area contributed by atoms with E-state index in [1.54, 1.807) is 24.8 Å². The number of hydrogen-bond acceptors (Lipinski definition) is 4. The fourth-order valence-electron chi connectivity index (χ4n) is 1.52. The van der Waals surface area contributed by atoms with Crippen molar-refractivity contribution in [2.24, 2.45) is 0 Å². The molecule has 4 nitrogen and oxygen atoms in total. The molecule has 0 saturated carbocycles. The average Bonchev–Trinajstić information content (AvgIpc) is 2.82. The predicted octanol–water partition coefficient (Wildman–Crippen LogP) is 3.24. The molecule has 1 aromatic heterocycles. The van der Waals surface area contributed by atoms with E-state index >= 15 is 0 Å². The molecule has 1 aromatic carbocycles. The molecule has 2 rings (SSSR count). The SMILES string of the molecule is Cc1cc(NC(=O)C(C)SCc2ccccc2)no1. The van der Waals surface area contributed by atoms with Crippen LogP contribution in [0.2, 0.25) is 0 Å². The van der Waals surface area contributed by atoms with Crippen LogP contribution < -0.4 is 5.32 Å².